The number of fused-ring (bicyclic) bond motifs is 1. The summed E-state index contributed by atoms with van der Waals surface area (Å²) < 4.78 is 0. The standard InChI is InChI=1S/C18H26N4O2/c1-13(2)19-17(23)20-8-9-22-16(11-20)12-21(18(22)24)10-15-6-4-14(3)5-7-15/h4-7,13,16H,8-12H2,1-3H3,(H,19,23)/t16-/m1/s1. The molecule has 4 amide bonds. The van der Waals surface area contributed by atoms with Crippen LogP contribution >= 0.6 is 0 Å². The summed E-state index contributed by atoms with van der Waals surface area (Å²) in [6, 6.07) is 8.56. The lowest BCUT2D eigenvalue weighted by Gasteiger charge is -2.36. The molecular formula is C18H26N4O2. The summed E-state index contributed by atoms with van der Waals surface area (Å²) in [5.74, 6) is 0. The first-order valence-corrected chi connectivity index (χ1v) is 8.60. The molecule has 2 aliphatic rings. The van der Waals surface area contributed by atoms with Crippen molar-refractivity contribution in [3.8, 4) is 0 Å². The third-order valence-electron chi connectivity index (χ3n) is 4.62. The quantitative estimate of drug-likeness (QED) is 0.922. The predicted octanol–water partition coefficient (Wildman–Crippen LogP) is 2.03. The highest BCUT2D eigenvalue weighted by Crippen LogP contribution is 2.22. The summed E-state index contributed by atoms with van der Waals surface area (Å²) in [4.78, 5) is 30.4. The van der Waals surface area contributed by atoms with Gasteiger partial charge >= 0.3 is 12.1 Å². The van der Waals surface area contributed by atoms with Crippen LogP contribution in [0.4, 0.5) is 9.59 Å². The zero-order valence-corrected chi connectivity index (χ0v) is 14.7. The van der Waals surface area contributed by atoms with Crippen LogP contribution in [-0.4, -0.2) is 65.0 Å². The first-order valence-electron chi connectivity index (χ1n) is 8.60. The van der Waals surface area contributed by atoms with Crippen LogP contribution in [0.25, 0.3) is 0 Å². The van der Waals surface area contributed by atoms with E-state index in [1.807, 2.05) is 28.5 Å². The molecule has 6 nitrogen and oxygen atoms in total. The molecule has 0 aliphatic carbocycles. The molecule has 0 spiro atoms. The molecule has 2 heterocycles. The van der Waals surface area contributed by atoms with E-state index in [1.54, 1.807) is 0 Å². The number of aryl methyl sites for hydroxylation is 1. The highest BCUT2D eigenvalue weighted by Gasteiger charge is 2.41. The molecule has 0 aromatic heterocycles. The number of urea groups is 2. The Morgan fingerprint density at radius 1 is 1.21 bits per heavy atom. The Hall–Kier alpha value is -2.24. The van der Waals surface area contributed by atoms with Gasteiger partial charge in [-0.25, -0.2) is 9.59 Å². The SMILES string of the molecule is Cc1ccc(CN2C[C@H]3CN(C(=O)NC(C)C)CCN3C2=O)cc1. The fraction of sp³-hybridized carbons (Fsp3) is 0.556. The van der Waals surface area contributed by atoms with Gasteiger partial charge in [0, 0.05) is 38.8 Å². The smallest absolute Gasteiger partial charge is 0.320 e. The maximum absolute atomic E-state index is 12.6. The molecule has 24 heavy (non-hydrogen) atoms. The highest BCUT2D eigenvalue weighted by atomic mass is 16.2. The van der Waals surface area contributed by atoms with Crippen molar-refractivity contribution >= 4 is 12.1 Å². The van der Waals surface area contributed by atoms with Crippen molar-refractivity contribution in [2.45, 2.75) is 39.4 Å². The molecule has 130 valence electrons. The summed E-state index contributed by atoms with van der Waals surface area (Å²) in [7, 11) is 0. The van der Waals surface area contributed by atoms with Gasteiger partial charge in [-0.05, 0) is 26.3 Å². The lowest BCUT2D eigenvalue weighted by Crippen LogP contribution is -2.56. The Morgan fingerprint density at radius 2 is 1.92 bits per heavy atom. The van der Waals surface area contributed by atoms with Crippen LogP contribution in [0.15, 0.2) is 24.3 Å². The summed E-state index contributed by atoms with van der Waals surface area (Å²) in [6.07, 6.45) is 0. The third kappa shape index (κ3) is 3.47. The molecule has 0 radical (unpaired) electrons. The molecule has 3 rings (SSSR count). The van der Waals surface area contributed by atoms with Crippen molar-refractivity contribution in [1.82, 2.24) is 20.0 Å². The van der Waals surface area contributed by atoms with Crippen molar-refractivity contribution in [2.75, 3.05) is 26.2 Å². The monoisotopic (exact) mass is 330 g/mol. The molecule has 1 aromatic carbocycles. The number of piperazine rings is 1. The fourth-order valence-electron chi connectivity index (χ4n) is 3.35. The third-order valence-corrected chi connectivity index (χ3v) is 4.62. The van der Waals surface area contributed by atoms with E-state index < -0.39 is 0 Å². The summed E-state index contributed by atoms with van der Waals surface area (Å²) in [5, 5.41) is 2.93. The van der Waals surface area contributed by atoms with E-state index in [-0.39, 0.29) is 24.1 Å². The van der Waals surface area contributed by atoms with Gasteiger partial charge in [0.1, 0.15) is 0 Å². The summed E-state index contributed by atoms with van der Waals surface area (Å²) in [6.45, 7) is 9.09. The summed E-state index contributed by atoms with van der Waals surface area (Å²) in [5.41, 5.74) is 2.36. The minimum absolute atomic E-state index is 0.0333. The van der Waals surface area contributed by atoms with Crippen LogP contribution in [-0.2, 0) is 6.54 Å². The number of rotatable bonds is 3. The van der Waals surface area contributed by atoms with E-state index in [9.17, 15) is 9.59 Å². The maximum atomic E-state index is 12.6. The van der Waals surface area contributed by atoms with Crippen LogP contribution in [0.2, 0.25) is 0 Å². The fourth-order valence-corrected chi connectivity index (χ4v) is 3.35. The van der Waals surface area contributed by atoms with E-state index in [0.29, 0.717) is 32.7 Å². The number of carbonyl (C=O) groups is 2. The zero-order chi connectivity index (χ0) is 17.3. The van der Waals surface area contributed by atoms with E-state index >= 15 is 0 Å². The lowest BCUT2D eigenvalue weighted by atomic mass is 10.1. The number of nitrogens with one attached hydrogen (secondary N) is 1. The Morgan fingerprint density at radius 3 is 2.58 bits per heavy atom. The van der Waals surface area contributed by atoms with Gasteiger partial charge in [-0.3, -0.25) is 0 Å². The second kappa shape index (κ2) is 6.71. The van der Waals surface area contributed by atoms with Gasteiger partial charge in [0.05, 0.1) is 6.04 Å². The molecule has 1 aromatic rings. The Balaban J connectivity index is 1.62. The molecule has 2 aliphatic heterocycles. The van der Waals surface area contributed by atoms with E-state index in [1.165, 1.54) is 5.56 Å². The van der Waals surface area contributed by atoms with Crippen molar-refractivity contribution in [2.24, 2.45) is 0 Å². The molecule has 0 unspecified atom stereocenters. The molecule has 2 saturated heterocycles. The topological polar surface area (TPSA) is 55.9 Å². The normalized spacial score (nSPS) is 20.6. The van der Waals surface area contributed by atoms with Gasteiger partial charge < -0.3 is 20.0 Å². The average Bonchev–Trinajstić information content (AvgIpc) is 2.84. The van der Waals surface area contributed by atoms with E-state index in [0.717, 1.165) is 5.56 Å². The minimum atomic E-state index is -0.0333. The van der Waals surface area contributed by atoms with Gasteiger partial charge in [-0.1, -0.05) is 29.8 Å². The van der Waals surface area contributed by atoms with Crippen molar-refractivity contribution < 1.29 is 9.59 Å². The van der Waals surface area contributed by atoms with Crippen LogP contribution < -0.4 is 5.32 Å². The van der Waals surface area contributed by atoms with Gasteiger partial charge in [0.2, 0.25) is 0 Å². The van der Waals surface area contributed by atoms with Crippen molar-refractivity contribution in [3.05, 3.63) is 35.4 Å². The lowest BCUT2D eigenvalue weighted by molar-refractivity contribution is 0.128. The summed E-state index contributed by atoms with van der Waals surface area (Å²) >= 11 is 0. The first kappa shape index (κ1) is 16.6. The molecular weight excluding hydrogens is 304 g/mol. The Bertz CT molecular complexity index is 614. The highest BCUT2D eigenvalue weighted by molar-refractivity contribution is 5.79. The second-order valence-corrected chi connectivity index (χ2v) is 7.05. The van der Waals surface area contributed by atoms with Gasteiger partial charge in [-0.15, -0.1) is 0 Å². The molecule has 1 atom stereocenters. The molecule has 6 heteroatoms. The molecule has 1 N–H and O–H groups in total. The van der Waals surface area contributed by atoms with Gasteiger partial charge in [-0.2, -0.15) is 0 Å². The zero-order valence-electron chi connectivity index (χ0n) is 14.7. The van der Waals surface area contributed by atoms with Gasteiger partial charge in [0.15, 0.2) is 0 Å². The number of amides is 4. The number of benzene rings is 1. The van der Waals surface area contributed by atoms with Crippen LogP contribution in [0.1, 0.15) is 25.0 Å². The largest absolute Gasteiger partial charge is 0.336 e. The van der Waals surface area contributed by atoms with Crippen LogP contribution in [0, 0.1) is 6.92 Å². The van der Waals surface area contributed by atoms with Crippen molar-refractivity contribution in [1.29, 1.82) is 0 Å². The van der Waals surface area contributed by atoms with Crippen molar-refractivity contribution in [3.63, 3.8) is 0 Å². The Labute approximate surface area is 143 Å². The first-order chi connectivity index (χ1) is 11.4. The minimum Gasteiger partial charge on any atom is -0.336 e. The predicted molar refractivity (Wildman–Crippen MR) is 92.7 cm³/mol. The maximum Gasteiger partial charge on any atom is 0.320 e. The average molecular weight is 330 g/mol. The van der Waals surface area contributed by atoms with Crippen LogP contribution in [0.3, 0.4) is 0 Å². The number of nitrogens with zero attached hydrogens (tertiary/aromatic N) is 3. The molecule has 0 bridgehead atoms. The van der Waals surface area contributed by atoms with Gasteiger partial charge in [0.25, 0.3) is 0 Å². The van der Waals surface area contributed by atoms with E-state index in [2.05, 4.69) is 36.5 Å². The van der Waals surface area contributed by atoms with Crippen LogP contribution in [0.5, 0.6) is 0 Å². The van der Waals surface area contributed by atoms with E-state index in [4.69, 9.17) is 0 Å². The number of hydrogen-bond donors (Lipinski definition) is 1. The number of hydrogen-bond acceptors (Lipinski definition) is 2. The molecule has 2 fully saturated rings. The number of carbonyl (C=O) groups excluding carboxylic acids is 2. The molecule has 0 saturated carbocycles. The Kier molecular flexibility index (Phi) is 4.64. The second-order valence-electron chi connectivity index (χ2n) is 7.05.